The normalized spacial score (nSPS) is 21.7. The molecule has 2 fully saturated rings. The van der Waals surface area contributed by atoms with E-state index < -0.39 is 0 Å². The van der Waals surface area contributed by atoms with Crippen molar-refractivity contribution in [1.82, 2.24) is 10.2 Å². The average molecular weight is 313 g/mol. The maximum Gasteiger partial charge on any atom is 0.0991 e. The van der Waals surface area contributed by atoms with Crippen molar-refractivity contribution in [1.29, 1.82) is 5.26 Å². The molecule has 124 valence electrons. The van der Waals surface area contributed by atoms with Gasteiger partial charge in [-0.25, -0.2) is 0 Å². The molecule has 23 heavy (non-hydrogen) atoms. The van der Waals surface area contributed by atoms with E-state index in [4.69, 9.17) is 10.00 Å². The largest absolute Gasteiger partial charge is 0.381 e. The first kappa shape index (κ1) is 16.4. The number of benzene rings is 1. The Morgan fingerprint density at radius 1 is 1.17 bits per heavy atom. The minimum atomic E-state index is 0.255. The van der Waals surface area contributed by atoms with Gasteiger partial charge in [0, 0.05) is 31.8 Å². The molecule has 0 saturated carbocycles. The molecule has 1 aromatic carbocycles. The summed E-state index contributed by atoms with van der Waals surface area (Å²) in [6.07, 6.45) is 6.27. The molecule has 0 amide bonds. The van der Waals surface area contributed by atoms with Gasteiger partial charge in [0.15, 0.2) is 0 Å². The second kappa shape index (κ2) is 7.92. The van der Waals surface area contributed by atoms with Crippen LogP contribution in [-0.4, -0.2) is 43.3 Å². The molecule has 1 aromatic rings. The third-order valence-corrected chi connectivity index (χ3v) is 5.29. The zero-order chi connectivity index (χ0) is 16.0. The summed E-state index contributed by atoms with van der Waals surface area (Å²) in [7, 11) is 0. The molecule has 0 atom stereocenters. The van der Waals surface area contributed by atoms with E-state index in [1.165, 1.54) is 37.9 Å². The number of piperidine rings is 1. The summed E-state index contributed by atoms with van der Waals surface area (Å²) in [6, 6.07) is 10.1. The van der Waals surface area contributed by atoms with Gasteiger partial charge in [0.25, 0.3) is 0 Å². The summed E-state index contributed by atoms with van der Waals surface area (Å²) >= 11 is 0. The zero-order valence-corrected chi connectivity index (χ0v) is 13.9. The van der Waals surface area contributed by atoms with Crippen molar-refractivity contribution >= 4 is 0 Å². The molecule has 0 radical (unpaired) electrons. The van der Waals surface area contributed by atoms with E-state index >= 15 is 0 Å². The minimum absolute atomic E-state index is 0.255. The third-order valence-electron chi connectivity index (χ3n) is 5.29. The summed E-state index contributed by atoms with van der Waals surface area (Å²) < 4.78 is 5.62. The number of nitrogens with one attached hydrogen (secondary N) is 1. The van der Waals surface area contributed by atoms with Gasteiger partial charge < -0.3 is 10.1 Å². The number of rotatable bonds is 5. The highest BCUT2D eigenvalue weighted by molar-refractivity contribution is 5.32. The number of nitrogens with zero attached hydrogens (tertiary/aromatic N) is 2. The Kier molecular flexibility index (Phi) is 5.66. The molecule has 2 heterocycles. The molecular formula is C19H27N3O. The molecule has 2 aliphatic rings. The van der Waals surface area contributed by atoms with Crippen LogP contribution in [0.15, 0.2) is 24.3 Å². The van der Waals surface area contributed by atoms with Crippen molar-refractivity contribution < 1.29 is 4.74 Å². The third kappa shape index (κ3) is 4.11. The Labute approximate surface area is 139 Å². The SMILES string of the molecule is N#Cc1cccc(CNCC2(N3CCCCC3)CCOCC2)c1. The predicted octanol–water partition coefficient (Wildman–Crippen LogP) is 2.68. The number of nitriles is 1. The van der Waals surface area contributed by atoms with Crippen LogP contribution in [0.3, 0.4) is 0 Å². The first-order chi connectivity index (χ1) is 11.3. The fourth-order valence-corrected chi connectivity index (χ4v) is 3.91. The van der Waals surface area contributed by atoms with Crippen LogP contribution in [0.2, 0.25) is 0 Å². The predicted molar refractivity (Wildman–Crippen MR) is 91.1 cm³/mol. The fraction of sp³-hybridized carbons (Fsp3) is 0.632. The molecule has 0 unspecified atom stereocenters. The average Bonchev–Trinajstić information content (AvgIpc) is 2.63. The molecule has 4 nitrogen and oxygen atoms in total. The van der Waals surface area contributed by atoms with Crippen molar-refractivity contribution in [3.05, 3.63) is 35.4 Å². The van der Waals surface area contributed by atoms with Crippen molar-refractivity contribution in [3.63, 3.8) is 0 Å². The summed E-state index contributed by atoms with van der Waals surface area (Å²) in [4.78, 5) is 2.71. The molecule has 0 aliphatic carbocycles. The van der Waals surface area contributed by atoms with E-state index in [1.807, 2.05) is 18.2 Å². The summed E-state index contributed by atoms with van der Waals surface area (Å²) in [5.74, 6) is 0. The van der Waals surface area contributed by atoms with Gasteiger partial charge in [0.1, 0.15) is 0 Å². The lowest BCUT2D eigenvalue weighted by Gasteiger charge is -2.48. The van der Waals surface area contributed by atoms with Crippen LogP contribution in [-0.2, 0) is 11.3 Å². The van der Waals surface area contributed by atoms with Gasteiger partial charge in [0.05, 0.1) is 11.6 Å². The fourth-order valence-electron chi connectivity index (χ4n) is 3.91. The van der Waals surface area contributed by atoms with Gasteiger partial charge >= 0.3 is 0 Å². The molecule has 2 saturated heterocycles. The van der Waals surface area contributed by atoms with Crippen LogP contribution < -0.4 is 5.32 Å². The first-order valence-corrected chi connectivity index (χ1v) is 8.85. The van der Waals surface area contributed by atoms with E-state index in [1.54, 1.807) is 0 Å². The van der Waals surface area contributed by atoms with E-state index in [-0.39, 0.29) is 5.54 Å². The van der Waals surface area contributed by atoms with Crippen LogP contribution in [0.1, 0.15) is 43.2 Å². The number of ether oxygens (including phenoxy) is 1. The van der Waals surface area contributed by atoms with Gasteiger partial charge in [-0.05, 0) is 56.5 Å². The second-order valence-corrected chi connectivity index (χ2v) is 6.80. The molecule has 1 N–H and O–H groups in total. The van der Waals surface area contributed by atoms with E-state index in [9.17, 15) is 0 Å². The van der Waals surface area contributed by atoms with Gasteiger partial charge in [-0.2, -0.15) is 5.26 Å². The van der Waals surface area contributed by atoms with E-state index in [2.05, 4.69) is 22.4 Å². The quantitative estimate of drug-likeness (QED) is 0.908. The lowest BCUT2D eigenvalue weighted by Crippen LogP contribution is -2.59. The summed E-state index contributed by atoms with van der Waals surface area (Å²) in [5, 5.41) is 12.7. The smallest absolute Gasteiger partial charge is 0.0991 e. The van der Waals surface area contributed by atoms with Crippen molar-refractivity contribution in [2.75, 3.05) is 32.8 Å². The van der Waals surface area contributed by atoms with Crippen molar-refractivity contribution in [2.45, 2.75) is 44.2 Å². The topological polar surface area (TPSA) is 48.3 Å². The Morgan fingerprint density at radius 2 is 1.96 bits per heavy atom. The van der Waals surface area contributed by atoms with Gasteiger partial charge in [-0.3, -0.25) is 4.90 Å². The molecule has 4 heteroatoms. The molecule has 0 spiro atoms. The van der Waals surface area contributed by atoms with Gasteiger partial charge in [-0.1, -0.05) is 18.6 Å². The van der Waals surface area contributed by atoms with Crippen LogP contribution in [0, 0.1) is 11.3 Å². The lowest BCUT2D eigenvalue weighted by molar-refractivity contribution is -0.0358. The number of hydrogen-bond donors (Lipinski definition) is 1. The highest BCUT2D eigenvalue weighted by Gasteiger charge is 2.38. The summed E-state index contributed by atoms with van der Waals surface area (Å²) in [6.45, 7) is 6.04. The van der Waals surface area contributed by atoms with Gasteiger partial charge in [-0.15, -0.1) is 0 Å². The Hall–Kier alpha value is -1.41. The zero-order valence-electron chi connectivity index (χ0n) is 13.9. The first-order valence-electron chi connectivity index (χ1n) is 8.85. The standard InChI is InChI=1S/C19H27N3O/c20-14-17-5-4-6-18(13-17)15-21-16-19(7-11-23-12-8-19)22-9-2-1-3-10-22/h4-6,13,21H,1-3,7-12,15-16H2. The summed E-state index contributed by atoms with van der Waals surface area (Å²) in [5.41, 5.74) is 2.18. The van der Waals surface area contributed by atoms with E-state index in [0.29, 0.717) is 0 Å². The Bertz CT molecular complexity index is 540. The molecule has 3 rings (SSSR count). The van der Waals surface area contributed by atoms with Crippen LogP contribution in [0.5, 0.6) is 0 Å². The number of hydrogen-bond acceptors (Lipinski definition) is 4. The minimum Gasteiger partial charge on any atom is -0.381 e. The monoisotopic (exact) mass is 313 g/mol. The highest BCUT2D eigenvalue weighted by atomic mass is 16.5. The Balaban J connectivity index is 1.61. The molecule has 0 aromatic heterocycles. The van der Waals surface area contributed by atoms with Gasteiger partial charge in [0.2, 0.25) is 0 Å². The van der Waals surface area contributed by atoms with E-state index in [0.717, 1.165) is 44.7 Å². The van der Waals surface area contributed by atoms with Crippen LogP contribution in [0.25, 0.3) is 0 Å². The molecule has 0 bridgehead atoms. The molecular weight excluding hydrogens is 286 g/mol. The van der Waals surface area contributed by atoms with Crippen LogP contribution >= 0.6 is 0 Å². The van der Waals surface area contributed by atoms with Crippen molar-refractivity contribution in [2.24, 2.45) is 0 Å². The number of likely N-dealkylation sites (tertiary alicyclic amines) is 1. The second-order valence-electron chi connectivity index (χ2n) is 6.80. The maximum atomic E-state index is 9.01. The van der Waals surface area contributed by atoms with Crippen LogP contribution in [0.4, 0.5) is 0 Å². The highest BCUT2D eigenvalue weighted by Crippen LogP contribution is 2.30. The maximum absolute atomic E-state index is 9.01. The van der Waals surface area contributed by atoms with Crippen molar-refractivity contribution in [3.8, 4) is 6.07 Å². The lowest BCUT2D eigenvalue weighted by atomic mass is 9.86. The Morgan fingerprint density at radius 3 is 2.70 bits per heavy atom. The molecule has 2 aliphatic heterocycles.